The van der Waals surface area contributed by atoms with Crippen LogP contribution in [0.4, 0.5) is 5.69 Å². The van der Waals surface area contributed by atoms with Crippen LogP contribution in [0.25, 0.3) is 0 Å². The average Bonchev–Trinajstić information content (AvgIpc) is 2.70. The summed E-state index contributed by atoms with van der Waals surface area (Å²) in [5.41, 5.74) is 2.40. The van der Waals surface area contributed by atoms with Gasteiger partial charge in [-0.3, -0.25) is 9.29 Å². The molecule has 0 saturated heterocycles. The molecule has 2 aromatic carbocycles. The Morgan fingerprint density at radius 2 is 1.61 bits per heavy atom. The Morgan fingerprint density at radius 3 is 2.25 bits per heavy atom. The topological polar surface area (TPSA) is 76.6 Å². The molecule has 0 atom stereocenters. The zero-order valence-electron chi connectivity index (χ0n) is 15.8. The largest absolute Gasteiger partial charge is 0.423 e. The van der Waals surface area contributed by atoms with Gasteiger partial charge in [0.2, 0.25) is 0 Å². The Kier molecular flexibility index (Phi) is 5.46. The molecule has 1 aromatic heterocycles. The minimum absolute atomic E-state index is 0.267. The van der Waals surface area contributed by atoms with Gasteiger partial charge < -0.3 is 4.74 Å². The van der Waals surface area contributed by atoms with Gasteiger partial charge >= 0.3 is 5.97 Å². The van der Waals surface area contributed by atoms with E-state index in [1.165, 1.54) is 23.7 Å². The molecule has 1 heterocycles. The summed E-state index contributed by atoms with van der Waals surface area (Å²) in [7, 11) is -2.21. The molecule has 0 saturated carbocycles. The molecule has 3 rings (SSSR count). The zero-order chi connectivity index (χ0) is 20.3. The van der Waals surface area contributed by atoms with E-state index in [1.807, 2.05) is 13.0 Å². The number of benzene rings is 2. The molecule has 0 fully saturated rings. The molecule has 0 aliphatic carbocycles. The molecule has 6 nitrogen and oxygen atoms in total. The first-order chi connectivity index (χ1) is 13.3. The molecule has 0 amide bonds. The minimum Gasteiger partial charge on any atom is -0.423 e. The first kappa shape index (κ1) is 19.6. The van der Waals surface area contributed by atoms with Gasteiger partial charge in [-0.1, -0.05) is 12.1 Å². The lowest BCUT2D eigenvalue weighted by Crippen LogP contribution is -2.27. The lowest BCUT2D eigenvalue weighted by molar-refractivity contribution is 0.0734. The Hall–Kier alpha value is -3.19. The Labute approximate surface area is 164 Å². The van der Waals surface area contributed by atoms with Crippen molar-refractivity contribution in [2.75, 3.05) is 11.4 Å². The summed E-state index contributed by atoms with van der Waals surface area (Å²) in [5.74, 6) is -0.186. The molecule has 0 radical (unpaired) electrons. The van der Waals surface area contributed by atoms with E-state index >= 15 is 0 Å². The monoisotopic (exact) mass is 396 g/mol. The highest BCUT2D eigenvalue weighted by Gasteiger charge is 2.23. The van der Waals surface area contributed by atoms with Crippen LogP contribution in [0, 0.1) is 13.8 Å². The van der Waals surface area contributed by atoms with Gasteiger partial charge in [0.15, 0.2) is 0 Å². The molecule has 0 unspecified atom stereocenters. The molecule has 0 aliphatic rings. The van der Waals surface area contributed by atoms with Crippen molar-refractivity contribution < 1.29 is 17.9 Å². The van der Waals surface area contributed by atoms with Crippen molar-refractivity contribution in [1.29, 1.82) is 0 Å². The molecule has 3 aromatic rings. The van der Waals surface area contributed by atoms with Crippen LogP contribution in [0.3, 0.4) is 0 Å². The maximum atomic E-state index is 13.0. The van der Waals surface area contributed by atoms with E-state index in [0.29, 0.717) is 22.6 Å². The summed E-state index contributed by atoms with van der Waals surface area (Å²) in [5, 5.41) is 0. The molecule has 28 heavy (non-hydrogen) atoms. The molecule has 0 spiro atoms. The fourth-order valence-corrected chi connectivity index (χ4v) is 4.15. The second-order valence-electron chi connectivity index (χ2n) is 6.36. The van der Waals surface area contributed by atoms with Crippen LogP contribution in [0.15, 0.2) is 71.9 Å². The first-order valence-corrected chi connectivity index (χ1v) is 10.0. The Morgan fingerprint density at radius 1 is 0.964 bits per heavy atom. The number of hydrogen-bond donors (Lipinski definition) is 0. The average molecular weight is 396 g/mol. The number of anilines is 1. The van der Waals surface area contributed by atoms with Gasteiger partial charge in [-0.05, 0) is 67.4 Å². The third-order valence-electron chi connectivity index (χ3n) is 4.31. The van der Waals surface area contributed by atoms with Crippen molar-refractivity contribution in [3.05, 3.63) is 83.7 Å². The third-order valence-corrected chi connectivity index (χ3v) is 6.24. The first-order valence-electron chi connectivity index (χ1n) is 8.57. The van der Waals surface area contributed by atoms with E-state index in [9.17, 15) is 13.2 Å². The number of carbonyl (C=O) groups is 1. The quantitative estimate of drug-likeness (QED) is 0.485. The zero-order valence-corrected chi connectivity index (χ0v) is 16.6. The van der Waals surface area contributed by atoms with Crippen LogP contribution in [-0.4, -0.2) is 26.4 Å². The van der Waals surface area contributed by atoms with Crippen LogP contribution in [0.5, 0.6) is 5.75 Å². The summed E-state index contributed by atoms with van der Waals surface area (Å²) in [6.45, 7) is 3.62. The van der Waals surface area contributed by atoms with E-state index in [2.05, 4.69) is 4.98 Å². The van der Waals surface area contributed by atoms with Crippen molar-refractivity contribution in [2.24, 2.45) is 0 Å². The summed E-state index contributed by atoms with van der Waals surface area (Å²) in [6, 6.07) is 14.7. The predicted octanol–water partition coefficient (Wildman–Crippen LogP) is 3.74. The second kappa shape index (κ2) is 7.82. The van der Waals surface area contributed by atoms with Gasteiger partial charge in [-0.15, -0.1) is 0 Å². The van der Waals surface area contributed by atoms with Gasteiger partial charge in [0, 0.05) is 19.4 Å². The number of ether oxygens (including phenoxy) is 1. The van der Waals surface area contributed by atoms with Gasteiger partial charge in [-0.25, -0.2) is 13.2 Å². The van der Waals surface area contributed by atoms with Crippen molar-refractivity contribution in [2.45, 2.75) is 18.7 Å². The van der Waals surface area contributed by atoms with Crippen LogP contribution in [-0.2, 0) is 10.0 Å². The number of sulfonamides is 1. The maximum absolute atomic E-state index is 13.0. The van der Waals surface area contributed by atoms with Gasteiger partial charge in [0.25, 0.3) is 10.0 Å². The minimum atomic E-state index is -3.71. The number of rotatable bonds is 5. The van der Waals surface area contributed by atoms with E-state index < -0.39 is 16.0 Å². The van der Waals surface area contributed by atoms with Crippen LogP contribution in [0.2, 0.25) is 0 Å². The van der Waals surface area contributed by atoms with Crippen molar-refractivity contribution in [3.8, 4) is 5.75 Å². The van der Waals surface area contributed by atoms with E-state index in [-0.39, 0.29) is 4.90 Å². The normalized spacial score (nSPS) is 11.1. The number of carbonyl (C=O) groups excluding carboxylic acids is 1. The molecular formula is C21H20N2O4S. The number of aryl methyl sites for hydroxylation is 2. The number of pyridine rings is 1. The van der Waals surface area contributed by atoms with Gasteiger partial charge in [0.1, 0.15) is 5.75 Å². The molecular weight excluding hydrogens is 376 g/mol. The van der Waals surface area contributed by atoms with Crippen molar-refractivity contribution >= 4 is 21.7 Å². The van der Waals surface area contributed by atoms with Crippen LogP contribution < -0.4 is 9.04 Å². The number of esters is 1. The fourth-order valence-electron chi connectivity index (χ4n) is 2.65. The van der Waals surface area contributed by atoms with E-state index in [4.69, 9.17) is 4.74 Å². The lowest BCUT2D eigenvalue weighted by Gasteiger charge is -2.21. The Balaban J connectivity index is 1.81. The standard InChI is InChI=1S/C21H20N2O4S/c1-15-4-5-16(2)20(14-15)28(25,26)23(3)18-6-8-19(9-7-18)27-21(24)17-10-12-22-13-11-17/h4-14H,1-3H3. The van der Waals surface area contributed by atoms with E-state index in [1.54, 1.807) is 55.5 Å². The highest BCUT2D eigenvalue weighted by atomic mass is 32.2. The summed E-state index contributed by atoms with van der Waals surface area (Å²) < 4.78 is 32.5. The smallest absolute Gasteiger partial charge is 0.343 e. The number of aromatic nitrogens is 1. The number of hydrogen-bond acceptors (Lipinski definition) is 5. The van der Waals surface area contributed by atoms with Crippen LogP contribution in [0.1, 0.15) is 21.5 Å². The summed E-state index contributed by atoms with van der Waals surface area (Å²) >= 11 is 0. The molecule has 144 valence electrons. The maximum Gasteiger partial charge on any atom is 0.343 e. The third kappa shape index (κ3) is 4.04. The SMILES string of the molecule is Cc1ccc(C)c(S(=O)(=O)N(C)c2ccc(OC(=O)c3ccncc3)cc2)c1. The van der Waals surface area contributed by atoms with Crippen molar-refractivity contribution in [1.82, 2.24) is 4.98 Å². The van der Waals surface area contributed by atoms with E-state index in [0.717, 1.165) is 5.56 Å². The predicted molar refractivity (Wildman–Crippen MR) is 107 cm³/mol. The highest BCUT2D eigenvalue weighted by Crippen LogP contribution is 2.27. The second-order valence-corrected chi connectivity index (χ2v) is 8.30. The summed E-state index contributed by atoms with van der Waals surface area (Å²) in [4.78, 5) is 16.2. The van der Waals surface area contributed by atoms with Crippen LogP contribution >= 0.6 is 0 Å². The fraction of sp³-hybridized carbons (Fsp3) is 0.143. The Bertz CT molecular complexity index is 1100. The molecule has 7 heteroatoms. The summed E-state index contributed by atoms with van der Waals surface area (Å²) in [6.07, 6.45) is 3.01. The number of nitrogens with zero attached hydrogens (tertiary/aromatic N) is 2. The van der Waals surface area contributed by atoms with Gasteiger partial charge in [0.05, 0.1) is 16.1 Å². The highest BCUT2D eigenvalue weighted by molar-refractivity contribution is 7.92. The molecule has 0 N–H and O–H groups in total. The molecule has 0 bridgehead atoms. The van der Waals surface area contributed by atoms with Gasteiger partial charge in [-0.2, -0.15) is 0 Å². The van der Waals surface area contributed by atoms with Crippen molar-refractivity contribution in [3.63, 3.8) is 0 Å². The lowest BCUT2D eigenvalue weighted by atomic mass is 10.2. The molecule has 0 aliphatic heterocycles.